The van der Waals surface area contributed by atoms with E-state index in [1.54, 1.807) is 0 Å². The van der Waals surface area contributed by atoms with Gasteiger partial charge in [0.1, 0.15) is 0 Å². The summed E-state index contributed by atoms with van der Waals surface area (Å²) in [7, 11) is 0. The second kappa shape index (κ2) is 3.57. The molecule has 0 aliphatic heterocycles. The third-order valence-corrected chi connectivity index (χ3v) is 6.06. The third-order valence-electron chi connectivity index (χ3n) is 3.00. The van der Waals surface area contributed by atoms with Gasteiger partial charge in [0.25, 0.3) is 0 Å². The van der Waals surface area contributed by atoms with Crippen molar-refractivity contribution in [2.45, 2.75) is 11.8 Å². The largest absolute Gasteiger partial charge is 0.0619 e. The van der Waals surface area contributed by atoms with Gasteiger partial charge in [-0.3, -0.25) is 0 Å². The molecular formula is C12H7Br3. The lowest BCUT2D eigenvalue weighted by molar-refractivity contribution is 0.852. The topological polar surface area (TPSA) is 0 Å². The van der Waals surface area contributed by atoms with Crippen LogP contribution < -0.4 is 0 Å². The molecule has 0 saturated carbocycles. The number of hydrogen-bond acceptors (Lipinski definition) is 0. The number of allylic oxidation sites excluding steroid dienone is 4. The molecule has 1 aromatic carbocycles. The lowest BCUT2D eigenvalue weighted by atomic mass is 9.76. The molecule has 0 saturated heterocycles. The van der Waals surface area contributed by atoms with Gasteiger partial charge >= 0.3 is 0 Å². The molecule has 2 unspecified atom stereocenters. The molecule has 4 rings (SSSR count). The second-order valence-corrected chi connectivity index (χ2v) is 6.41. The molecule has 0 spiro atoms. The number of hydrogen-bond donors (Lipinski definition) is 0. The number of halogens is 3. The third kappa shape index (κ3) is 1.36. The summed E-state index contributed by atoms with van der Waals surface area (Å²) in [5, 5.41) is 0. The van der Waals surface area contributed by atoms with Crippen molar-refractivity contribution >= 4 is 47.8 Å². The molecule has 1 aromatic rings. The maximum absolute atomic E-state index is 3.68. The SMILES string of the molecule is BrC1=CC2C(Br)=C(Br)C1c1ccccc12. The Hall–Kier alpha value is 0.140. The smallest absolute Gasteiger partial charge is 0.0480 e. The Morgan fingerprint density at radius 3 is 2.27 bits per heavy atom. The lowest BCUT2D eigenvalue weighted by Gasteiger charge is -2.36. The summed E-state index contributed by atoms with van der Waals surface area (Å²) in [6, 6.07) is 8.63. The fourth-order valence-corrected chi connectivity index (χ4v) is 4.70. The zero-order chi connectivity index (χ0) is 10.6. The standard InChI is InChI=1S/C12H7Br3/c13-9-5-8-6-3-1-2-4-7(6)10(9)12(15)11(8)14/h1-5,8,10H. The van der Waals surface area contributed by atoms with E-state index in [0.29, 0.717) is 11.8 Å². The molecule has 0 aromatic heterocycles. The van der Waals surface area contributed by atoms with Crippen LogP contribution in [-0.4, -0.2) is 0 Å². The fraction of sp³-hybridized carbons (Fsp3) is 0.167. The van der Waals surface area contributed by atoms with Gasteiger partial charge in [0, 0.05) is 25.3 Å². The minimum atomic E-state index is 0.348. The van der Waals surface area contributed by atoms with Crippen LogP contribution in [0.4, 0.5) is 0 Å². The van der Waals surface area contributed by atoms with Crippen molar-refractivity contribution in [3.63, 3.8) is 0 Å². The molecule has 0 heterocycles. The van der Waals surface area contributed by atoms with E-state index in [-0.39, 0.29) is 0 Å². The van der Waals surface area contributed by atoms with Gasteiger partial charge in [-0.2, -0.15) is 0 Å². The summed E-state index contributed by atoms with van der Waals surface area (Å²) >= 11 is 11.0. The summed E-state index contributed by atoms with van der Waals surface area (Å²) < 4.78 is 3.77. The zero-order valence-electron chi connectivity index (χ0n) is 7.68. The summed E-state index contributed by atoms with van der Waals surface area (Å²) in [6.07, 6.45) is 2.28. The molecule has 0 radical (unpaired) electrons. The van der Waals surface area contributed by atoms with Crippen molar-refractivity contribution in [2.24, 2.45) is 0 Å². The molecular weight excluding hydrogens is 384 g/mol. The van der Waals surface area contributed by atoms with Gasteiger partial charge in [-0.05, 0) is 11.1 Å². The van der Waals surface area contributed by atoms with Crippen LogP contribution >= 0.6 is 47.8 Å². The van der Waals surface area contributed by atoms with E-state index < -0.39 is 0 Å². The van der Waals surface area contributed by atoms with Crippen LogP contribution in [0.15, 0.2) is 43.8 Å². The van der Waals surface area contributed by atoms with Crippen molar-refractivity contribution in [3.05, 3.63) is 54.9 Å². The zero-order valence-corrected chi connectivity index (χ0v) is 12.4. The van der Waals surface area contributed by atoms with E-state index in [1.165, 1.54) is 24.6 Å². The van der Waals surface area contributed by atoms with Gasteiger partial charge in [0.15, 0.2) is 0 Å². The van der Waals surface area contributed by atoms with Crippen LogP contribution in [0.1, 0.15) is 23.0 Å². The fourth-order valence-electron chi connectivity index (χ4n) is 2.30. The molecule has 2 bridgehead atoms. The minimum absolute atomic E-state index is 0.348. The monoisotopic (exact) mass is 388 g/mol. The molecule has 0 N–H and O–H groups in total. The van der Waals surface area contributed by atoms with E-state index in [2.05, 4.69) is 78.1 Å². The molecule has 3 aliphatic carbocycles. The highest BCUT2D eigenvalue weighted by Crippen LogP contribution is 2.56. The summed E-state index contributed by atoms with van der Waals surface area (Å²) in [4.78, 5) is 0. The van der Waals surface area contributed by atoms with Crippen LogP contribution in [0.3, 0.4) is 0 Å². The average Bonchev–Trinajstić information content (AvgIpc) is 2.24. The Balaban J connectivity index is 2.29. The molecule has 0 fully saturated rings. The van der Waals surface area contributed by atoms with Gasteiger partial charge in [0.2, 0.25) is 0 Å². The number of rotatable bonds is 0. The Bertz CT molecular complexity index is 499. The van der Waals surface area contributed by atoms with Crippen molar-refractivity contribution in [3.8, 4) is 0 Å². The van der Waals surface area contributed by atoms with E-state index in [9.17, 15) is 0 Å². The molecule has 2 atom stereocenters. The highest BCUT2D eigenvalue weighted by atomic mass is 79.9. The maximum atomic E-state index is 3.68. The number of benzene rings is 1. The van der Waals surface area contributed by atoms with Crippen LogP contribution in [0.2, 0.25) is 0 Å². The molecule has 0 amide bonds. The molecule has 3 aliphatic rings. The van der Waals surface area contributed by atoms with Crippen LogP contribution in [0, 0.1) is 0 Å². The first-order valence-electron chi connectivity index (χ1n) is 4.71. The molecule has 0 nitrogen and oxygen atoms in total. The predicted octanol–water partition coefficient (Wildman–Crippen LogP) is 5.16. The van der Waals surface area contributed by atoms with Gasteiger partial charge in [0.05, 0.1) is 0 Å². The quantitative estimate of drug-likeness (QED) is 0.574. The molecule has 15 heavy (non-hydrogen) atoms. The predicted molar refractivity (Wildman–Crippen MR) is 73.8 cm³/mol. The van der Waals surface area contributed by atoms with E-state index in [1.807, 2.05) is 0 Å². The first kappa shape index (κ1) is 10.3. The Kier molecular flexibility index (Phi) is 2.45. The van der Waals surface area contributed by atoms with Crippen molar-refractivity contribution in [1.82, 2.24) is 0 Å². The normalized spacial score (nSPS) is 27.8. The first-order chi connectivity index (χ1) is 7.20. The summed E-state index contributed by atoms with van der Waals surface area (Å²) in [6.45, 7) is 0. The van der Waals surface area contributed by atoms with E-state index in [4.69, 9.17) is 0 Å². The average molecular weight is 391 g/mol. The van der Waals surface area contributed by atoms with Crippen LogP contribution in [-0.2, 0) is 0 Å². The lowest BCUT2D eigenvalue weighted by Crippen LogP contribution is -2.19. The van der Waals surface area contributed by atoms with Crippen molar-refractivity contribution in [1.29, 1.82) is 0 Å². The van der Waals surface area contributed by atoms with Crippen molar-refractivity contribution in [2.75, 3.05) is 0 Å². The van der Waals surface area contributed by atoms with Crippen LogP contribution in [0.5, 0.6) is 0 Å². The van der Waals surface area contributed by atoms with E-state index in [0.717, 1.165) is 0 Å². The van der Waals surface area contributed by atoms with Gasteiger partial charge < -0.3 is 0 Å². The van der Waals surface area contributed by atoms with Crippen LogP contribution in [0.25, 0.3) is 0 Å². The molecule has 3 heteroatoms. The highest BCUT2D eigenvalue weighted by molar-refractivity contribution is 9.14. The van der Waals surface area contributed by atoms with Gasteiger partial charge in [-0.25, -0.2) is 0 Å². The first-order valence-corrected chi connectivity index (χ1v) is 7.09. The molecule has 76 valence electrons. The Morgan fingerprint density at radius 2 is 1.53 bits per heavy atom. The van der Waals surface area contributed by atoms with E-state index >= 15 is 0 Å². The maximum Gasteiger partial charge on any atom is 0.0480 e. The minimum Gasteiger partial charge on any atom is -0.0619 e. The Labute approximate surface area is 114 Å². The van der Waals surface area contributed by atoms with Gasteiger partial charge in [-0.1, -0.05) is 78.1 Å². The second-order valence-electron chi connectivity index (χ2n) is 3.79. The highest BCUT2D eigenvalue weighted by Gasteiger charge is 2.37. The summed E-state index contributed by atoms with van der Waals surface area (Å²) in [5.41, 5.74) is 2.83. The van der Waals surface area contributed by atoms with Gasteiger partial charge in [-0.15, -0.1) is 0 Å². The summed E-state index contributed by atoms with van der Waals surface area (Å²) in [5.74, 6) is 0.718. The Morgan fingerprint density at radius 1 is 0.867 bits per heavy atom. The van der Waals surface area contributed by atoms with Crippen molar-refractivity contribution < 1.29 is 0 Å².